The van der Waals surface area contributed by atoms with Crippen LogP contribution in [0, 0.1) is 0 Å². The molecule has 5 rings (SSSR count). The first-order chi connectivity index (χ1) is 15.0. The van der Waals surface area contributed by atoms with Crippen LogP contribution in [0.25, 0.3) is 0 Å². The second kappa shape index (κ2) is 7.90. The summed E-state index contributed by atoms with van der Waals surface area (Å²) in [5.41, 5.74) is 2.51. The van der Waals surface area contributed by atoms with Gasteiger partial charge in [0.25, 0.3) is 11.8 Å². The first-order valence-corrected chi connectivity index (χ1v) is 10.6. The molecular formula is C22H18Cl2N4O3. The monoisotopic (exact) mass is 456 g/mol. The molecule has 0 saturated heterocycles. The molecule has 3 aromatic rings. The normalized spacial score (nSPS) is 18.0. The standard InChI is InChI=1S/C22H18Cl2N4O3/c23-14-6-7-18-16(10-14)25-21(29)17(12-31-18)27-9-8-15-19(22(27)30)26-28(20(15)24)11-13-4-2-1-3-5-13/h1-7,10,17H,8-9,11-12H2,(H,25,29)/t17-/m0/s1. The summed E-state index contributed by atoms with van der Waals surface area (Å²) in [7, 11) is 0. The van der Waals surface area contributed by atoms with Gasteiger partial charge in [-0.15, -0.1) is 0 Å². The van der Waals surface area contributed by atoms with E-state index < -0.39 is 6.04 Å². The van der Waals surface area contributed by atoms with E-state index in [1.165, 1.54) is 4.90 Å². The number of nitrogens with zero attached hydrogens (tertiary/aromatic N) is 3. The van der Waals surface area contributed by atoms with Gasteiger partial charge in [-0.05, 0) is 30.2 Å². The van der Waals surface area contributed by atoms with Gasteiger partial charge < -0.3 is 15.0 Å². The first kappa shape index (κ1) is 19.9. The molecule has 9 heteroatoms. The molecule has 2 aliphatic heterocycles. The van der Waals surface area contributed by atoms with Crippen molar-refractivity contribution in [1.82, 2.24) is 14.7 Å². The maximum absolute atomic E-state index is 13.3. The molecule has 0 radical (unpaired) electrons. The van der Waals surface area contributed by atoms with Crippen molar-refractivity contribution in [3.63, 3.8) is 0 Å². The van der Waals surface area contributed by atoms with E-state index in [0.29, 0.717) is 46.7 Å². The van der Waals surface area contributed by atoms with Crippen LogP contribution in [-0.4, -0.2) is 45.7 Å². The van der Waals surface area contributed by atoms with Gasteiger partial charge in [-0.3, -0.25) is 9.59 Å². The Labute approximate surface area is 188 Å². The number of halogens is 2. The van der Waals surface area contributed by atoms with Crippen LogP contribution in [-0.2, 0) is 17.8 Å². The second-order valence-electron chi connectivity index (χ2n) is 7.47. The number of hydrogen-bond acceptors (Lipinski definition) is 4. The number of carbonyl (C=O) groups is 2. The smallest absolute Gasteiger partial charge is 0.275 e. The summed E-state index contributed by atoms with van der Waals surface area (Å²) in [4.78, 5) is 27.6. The molecule has 1 N–H and O–H groups in total. The molecule has 0 aliphatic carbocycles. The van der Waals surface area contributed by atoms with E-state index in [-0.39, 0.29) is 24.1 Å². The van der Waals surface area contributed by atoms with Crippen LogP contribution >= 0.6 is 23.2 Å². The Kier molecular flexibility index (Phi) is 5.08. The fraction of sp³-hybridized carbons (Fsp3) is 0.227. The van der Waals surface area contributed by atoms with Crippen LogP contribution in [0.4, 0.5) is 5.69 Å². The van der Waals surface area contributed by atoms with Gasteiger partial charge in [0.15, 0.2) is 5.69 Å². The number of ether oxygens (including phenoxy) is 1. The summed E-state index contributed by atoms with van der Waals surface area (Å²) in [5.74, 6) is -0.143. The topological polar surface area (TPSA) is 76.5 Å². The lowest BCUT2D eigenvalue weighted by Crippen LogP contribution is -2.52. The Hall–Kier alpha value is -3.03. The minimum absolute atomic E-state index is 0.0417. The Balaban J connectivity index is 1.40. The average Bonchev–Trinajstić information content (AvgIpc) is 2.98. The molecule has 0 unspecified atom stereocenters. The number of amides is 2. The minimum atomic E-state index is -0.787. The lowest BCUT2D eigenvalue weighted by atomic mass is 10.0. The van der Waals surface area contributed by atoms with Crippen molar-refractivity contribution in [3.8, 4) is 5.75 Å². The zero-order valence-corrected chi connectivity index (χ0v) is 17.9. The van der Waals surface area contributed by atoms with Crippen LogP contribution in [0.3, 0.4) is 0 Å². The Morgan fingerprint density at radius 3 is 2.74 bits per heavy atom. The minimum Gasteiger partial charge on any atom is -0.489 e. The van der Waals surface area contributed by atoms with Gasteiger partial charge in [-0.2, -0.15) is 5.10 Å². The number of rotatable bonds is 3. The van der Waals surface area contributed by atoms with Crippen LogP contribution in [0.1, 0.15) is 21.6 Å². The van der Waals surface area contributed by atoms with Crippen LogP contribution < -0.4 is 10.1 Å². The van der Waals surface area contributed by atoms with E-state index in [1.54, 1.807) is 22.9 Å². The van der Waals surface area contributed by atoms with Crippen LogP contribution in [0.2, 0.25) is 10.2 Å². The summed E-state index contributed by atoms with van der Waals surface area (Å²) >= 11 is 12.6. The number of fused-ring (bicyclic) bond motifs is 2. The third kappa shape index (κ3) is 3.64. The molecule has 2 aromatic carbocycles. The van der Waals surface area contributed by atoms with Crippen LogP contribution in [0.15, 0.2) is 48.5 Å². The van der Waals surface area contributed by atoms with Crippen molar-refractivity contribution in [1.29, 1.82) is 0 Å². The van der Waals surface area contributed by atoms with E-state index in [1.807, 2.05) is 30.3 Å². The number of hydrogen-bond donors (Lipinski definition) is 1. The highest BCUT2D eigenvalue weighted by atomic mass is 35.5. The molecule has 0 fully saturated rings. The Morgan fingerprint density at radius 2 is 1.94 bits per heavy atom. The van der Waals surface area contributed by atoms with Gasteiger partial charge >= 0.3 is 0 Å². The quantitative estimate of drug-likeness (QED) is 0.652. The Bertz CT molecular complexity index is 1180. The zero-order valence-electron chi connectivity index (χ0n) is 16.3. The molecule has 3 heterocycles. The Morgan fingerprint density at radius 1 is 1.13 bits per heavy atom. The van der Waals surface area contributed by atoms with E-state index in [9.17, 15) is 9.59 Å². The molecule has 0 saturated carbocycles. The molecule has 2 amide bonds. The average molecular weight is 457 g/mol. The molecule has 7 nitrogen and oxygen atoms in total. The highest BCUT2D eigenvalue weighted by Gasteiger charge is 2.39. The highest BCUT2D eigenvalue weighted by molar-refractivity contribution is 6.31. The number of nitrogens with one attached hydrogen (secondary N) is 1. The fourth-order valence-electron chi connectivity index (χ4n) is 3.92. The number of benzene rings is 2. The summed E-state index contributed by atoms with van der Waals surface area (Å²) in [6.45, 7) is 0.851. The van der Waals surface area contributed by atoms with Crippen molar-refractivity contribution >= 4 is 40.7 Å². The van der Waals surface area contributed by atoms with E-state index in [2.05, 4.69) is 10.4 Å². The van der Waals surface area contributed by atoms with Gasteiger partial charge in [0, 0.05) is 17.1 Å². The van der Waals surface area contributed by atoms with Gasteiger partial charge in [0.1, 0.15) is 23.6 Å². The lowest BCUT2D eigenvalue weighted by Gasteiger charge is -2.31. The molecule has 2 aliphatic rings. The SMILES string of the molecule is O=C1Nc2cc(Cl)ccc2OC[C@@H]1N1CCc2c(nn(Cc3ccccc3)c2Cl)C1=O. The second-order valence-corrected chi connectivity index (χ2v) is 8.26. The van der Waals surface area contributed by atoms with Gasteiger partial charge in [0.05, 0.1) is 12.2 Å². The van der Waals surface area contributed by atoms with Crippen molar-refractivity contribution < 1.29 is 14.3 Å². The highest BCUT2D eigenvalue weighted by Crippen LogP contribution is 2.32. The van der Waals surface area contributed by atoms with E-state index in [0.717, 1.165) is 5.56 Å². The molecule has 31 heavy (non-hydrogen) atoms. The van der Waals surface area contributed by atoms with E-state index >= 15 is 0 Å². The van der Waals surface area contributed by atoms with Crippen molar-refractivity contribution in [2.45, 2.75) is 19.0 Å². The van der Waals surface area contributed by atoms with Crippen LogP contribution in [0.5, 0.6) is 5.75 Å². The summed E-state index contributed by atoms with van der Waals surface area (Å²) in [5, 5.41) is 8.22. The largest absolute Gasteiger partial charge is 0.489 e. The first-order valence-electron chi connectivity index (χ1n) is 9.84. The molecule has 0 spiro atoms. The predicted molar refractivity (Wildman–Crippen MR) is 117 cm³/mol. The predicted octanol–water partition coefficient (Wildman–Crippen LogP) is 3.64. The van der Waals surface area contributed by atoms with Gasteiger partial charge in [0.2, 0.25) is 0 Å². The fourth-order valence-corrected chi connectivity index (χ4v) is 4.37. The van der Waals surface area contributed by atoms with Gasteiger partial charge in [-0.25, -0.2) is 4.68 Å². The zero-order chi connectivity index (χ0) is 21.5. The third-order valence-corrected chi connectivity index (χ3v) is 6.16. The van der Waals surface area contributed by atoms with Crippen molar-refractivity contribution in [3.05, 3.63) is 75.5 Å². The summed E-state index contributed by atoms with van der Waals surface area (Å²) < 4.78 is 7.43. The van der Waals surface area contributed by atoms with Crippen molar-refractivity contribution in [2.75, 3.05) is 18.5 Å². The molecule has 1 aromatic heterocycles. The molecular weight excluding hydrogens is 439 g/mol. The third-order valence-electron chi connectivity index (χ3n) is 5.50. The van der Waals surface area contributed by atoms with Crippen molar-refractivity contribution in [2.24, 2.45) is 0 Å². The van der Waals surface area contributed by atoms with Gasteiger partial charge in [-0.1, -0.05) is 53.5 Å². The maximum Gasteiger partial charge on any atom is 0.275 e. The summed E-state index contributed by atoms with van der Waals surface area (Å²) in [6.07, 6.45) is 0.511. The molecule has 0 bridgehead atoms. The maximum atomic E-state index is 13.3. The van der Waals surface area contributed by atoms with E-state index in [4.69, 9.17) is 27.9 Å². The lowest BCUT2D eigenvalue weighted by molar-refractivity contribution is -0.121. The number of aromatic nitrogens is 2. The number of anilines is 1. The summed E-state index contributed by atoms with van der Waals surface area (Å²) in [6, 6.07) is 14.0. The molecule has 158 valence electrons. The molecule has 1 atom stereocenters. The number of carbonyl (C=O) groups excluding carboxylic acids is 2.